The number of sulfone groups is 1. The van der Waals surface area contributed by atoms with Crippen molar-refractivity contribution < 1.29 is 26.7 Å². The third kappa shape index (κ3) is 5.67. The Balaban J connectivity index is 1.23. The second-order valence-corrected chi connectivity index (χ2v) is 14.0. The zero-order chi connectivity index (χ0) is 27.1. The number of hydrogen-bond acceptors (Lipinski definition) is 7. The van der Waals surface area contributed by atoms with Crippen LogP contribution in [0.1, 0.15) is 43.6 Å². The summed E-state index contributed by atoms with van der Waals surface area (Å²) in [4.78, 5) is 20.7. The number of benzene rings is 2. The molecule has 1 N–H and O–H groups in total. The maximum absolute atomic E-state index is 14.0. The van der Waals surface area contributed by atoms with Crippen LogP contribution in [-0.4, -0.2) is 63.2 Å². The lowest BCUT2D eigenvalue weighted by Gasteiger charge is -2.28. The molecule has 2 aromatic carbocycles. The zero-order valence-electron chi connectivity index (χ0n) is 21.4. The number of rotatable bonds is 8. The van der Waals surface area contributed by atoms with Crippen molar-refractivity contribution in [3.05, 3.63) is 48.0 Å². The Kier molecular flexibility index (Phi) is 7.32. The molecule has 3 aromatic rings. The molecule has 0 bridgehead atoms. The summed E-state index contributed by atoms with van der Waals surface area (Å²) in [7, 11) is -3.36. The Hall–Kier alpha value is -2.63. The van der Waals surface area contributed by atoms with E-state index in [9.17, 15) is 22.0 Å². The van der Waals surface area contributed by atoms with Gasteiger partial charge in [0.2, 0.25) is 5.91 Å². The number of carbonyl (C=O) groups is 1. The van der Waals surface area contributed by atoms with Gasteiger partial charge in [0.1, 0.15) is 12.3 Å². The van der Waals surface area contributed by atoms with Gasteiger partial charge in [0.05, 0.1) is 39.5 Å². The standard InChI is InChI=1S/C28H31F2N3O4S2/c29-23-14-17(15-24(23)30)13-22(18-1-4-20(5-2-18)39(35,36)21-6-7-21)27(34)32-28-31-25-8-3-19(16-26(25)38-28)33-9-11-37-12-10-33/h1-5,8,16-17,21-24H,6-7,9-15H2,(H,31,32,34)/t17?,22-,23?,24?/m1/s1. The number of thiazole rings is 1. The van der Waals surface area contributed by atoms with Crippen LogP contribution >= 0.6 is 11.3 Å². The first kappa shape index (κ1) is 26.6. The van der Waals surface area contributed by atoms with Gasteiger partial charge in [0.25, 0.3) is 0 Å². The summed E-state index contributed by atoms with van der Waals surface area (Å²) < 4.78 is 59.6. The third-order valence-electron chi connectivity index (χ3n) is 7.95. The van der Waals surface area contributed by atoms with Crippen LogP contribution in [-0.2, 0) is 19.4 Å². The Labute approximate surface area is 230 Å². The lowest BCUT2D eigenvalue weighted by atomic mass is 9.87. The third-order valence-corrected chi connectivity index (χ3v) is 11.2. The number of alkyl halides is 2. The number of amides is 1. The van der Waals surface area contributed by atoms with E-state index in [1.54, 1.807) is 24.3 Å². The average Bonchev–Trinajstić information content (AvgIpc) is 3.66. The van der Waals surface area contributed by atoms with Crippen LogP contribution in [0.25, 0.3) is 10.2 Å². The molecule has 1 amide bonds. The Morgan fingerprint density at radius 2 is 1.77 bits per heavy atom. The van der Waals surface area contributed by atoms with Crippen LogP contribution in [0.5, 0.6) is 0 Å². The molecule has 7 nitrogen and oxygen atoms in total. The molecule has 3 atom stereocenters. The van der Waals surface area contributed by atoms with Gasteiger partial charge >= 0.3 is 0 Å². The maximum Gasteiger partial charge on any atom is 0.233 e. The fourth-order valence-electron chi connectivity index (χ4n) is 5.59. The van der Waals surface area contributed by atoms with Gasteiger partial charge in [-0.1, -0.05) is 23.5 Å². The molecule has 2 saturated carbocycles. The second-order valence-electron chi connectivity index (χ2n) is 10.7. The van der Waals surface area contributed by atoms with Crippen molar-refractivity contribution in [2.45, 2.75) is 60.5 Å². The normalized spacial score (nSPS) is 24.7. The van der Waals surface area contributed by atoms with E-state index in [4.69, 9.17) is 4.74 Å². The highest BCUT2D eigenvalue weighted by Crippen LogP contribution is 2.39. The smallest absolute Gasteiger partial charge is 0.233 e. The van der Waals surface area contributed by atoms with E-state index in [1.165, 1.54) is 11.3 Å². The molecule has 1 aromatic heterocycles. The summed E-state index contributed by atoms with van der Waals surface area (Å²) in [5.74, 6) is -1.30. The molecule has 39 heavy (non-hydrogen) atoms. The molecule has 2 unspecified atom stereocenters. The second kappa shape index (κ2) is 10.7. The van der Waals surface area contributed by atoms with Crippen molar-refractivity contribution >= 4 is 48.1 Å². The molecule has 208 valence electrons. The van der Waals surface area contributed by atoms with Crippen molar-refractivity contribution in [1.29, 1.82) is 0 Å². The Morgan fingerprint density at radius 1 is 1.08 bits per heavy atom. The van der Waals surface area contributed by atoms with Crippen molar-refractivity contribution in [2.24, 2.45) is 5.92 Å². The summed E-state index contributed by atoms with van der Waals surface area (Å²) >= 11 is 1.38. The number of halogens is 2. The molecule has 6 rings (SSSR count). The predicted octanol–water partition coefficient (Wildman–Crippen LogP) is 5.27. The number of carbonyl (C=O) groups excluding carboxylic acids is 1. The molecule has 3 aliphatic rings. The van der Waals surface area contributed by atoms with Gasteiger partial charge in [-0.2, -0.15) is 0 Å². The SMILES string of the molecule is O=C(Nc1nc2ccc(N3CCOCC3)cc2s1)[C@H](CC1CC(F)C(F)C1)c1ccc(S(=O)(=O)C2CC2)cc1. The van der Waals surface area contributed by atoms with E-state index in [0.717, 1.165) is 29.0 Å². The number of anilines is 2. The summed E-state index contributed by atoms with van der Waals surface area (Å²) in [5, 5.41) is 3.05. The summed E-state index contributed by atoms with van der Waals surface area (Å²) in [5.41, 5.74) is 2.47. The van der Waals surface area contributed by atoms with Gasteiger partial charge in [0.15, 0.2) is 15.0 Å². The first-order chi connectivity index (χ1) is 18.8. The van der Waals surface area contributed by atoms with Crippen molar-refractivity contribution in [3.8, 4) is 0 Å². The molecular formula is C28H31F2N3O4S2. The topological polar surface area (TPSA) is 88.6 Å². The summed E-state index contributed by atoms with van der Waals surface area (Å²) in [6.45, 7) is 3.00. The molecular weight excluding hydrogens is 544 g/mol. The Morgan fingerprint density at radius 3 is 2.44 bits per heavy atom. The molecule has 2 heterocycles. The lowest BCUT2D eigenvalue weighted by molar-refractivity contribution is -0.118. The van der Waals surface area contributed by atoms with E-state index in [-0.39, 0.29) is 41.2 Å². The van der Waals surface area contributed by atoms with Crippen LogP contribution in [0, 0.1) is 5.92 Å². The molecule has 3 fully saturated rings. The molecule has 2 aliphatic carbocycles. The average molecular weight is 576 g/mol. The number of nitrogens with one attached hydrogen (secondary N) is 1. The van der Waals surface area contributed by atoms with Crippen molar-refractivity contribution in [1.82, 2.24) is 4.98 Å². The monoisotopic (exact) mass is 575 g/mol. The minimum Gasteiger partial charge on any atom is -0.378 e. The zero-order valence-corrected chi connectivity index (χ0v) is 23.0. The fraction of sp³-hybridized carbons (Fsp3) is 0.500. The number of fused-ring (bicyclic) bond motifs is 1. The highest BCUT2D eigenvalue weighted by molar-refractivity contribution is 7.92. The quantitative estimate of drug-likeness (QED) is 0.394. The van der Waals surface area contributed by atoms with Gasteiger partial charge in [0, 0.05) is 18.8 Å². The van der Waals surface area contributed by atoms with E-state index < -0.39 is 28.1 Å². The van der Waals surface area contributed by atoms with E-state index >= 15 is 0 Å². The molecule has 11 heteroatoms. The molecule has 0 radical (unpaired) electrons. The Bertz CT molecular complexity index is 1440. The van der Waals surface area contributed by atoms with Gasteiger partial charge in [-0.05, 0) is 73.9 Å². The first-order valence-corrected chi connectivity index (χ1v) is 15.8. The number of ether oxygens (including phenoxy) is 1. The van der Waals surface area contributed by atoms with Crippen molar-refractivity contribution in [2.75, 3.05) is 36.5 Å². The molecule has 0 spiro atoms. The van der Waals surface area contributed by atoms with Gasteiger partial charge in [-0.3, -0.25) is 4.79 Å². The lowest BCUT2D eigenvalue weighted by Crippen LogP contribution is -2.36. The van der Waals surface area contributed by atoms with Crippen LogP contribution in [0.2, 0.25) is 0 Å². The largest absolute Gasteiger partial charge is 0.378 e. The van der Waals surface area contributed by atoms with E-state index in [1.807, 2.05) is 12.1 Å². The van der Waals surface area contributed by atoms with E-state index in [0.29, 0.717) is 36.8 Å². The van der Waals surface area contributed by atoms with Crippen molar-refractivity contribution in [3.63, 3.8) is 0 Å². The summed E-state index contributed by atoms with van der Waals surface area (Å²) in [6.07, 6.45) is -1.28. The number of morpholine rings is 1. The fourth-order valence-corrected chi connectivity index (χ4v) is 8.15. The predicted molar refractivity (Wildman–Crippen MR) is 148 cm³/mol. The minimum absolute atomic E-state index is 0.0740. The number of hydrogen-bond donors (Lipinski definition) is 1. The van der Waals surface area contributed by atoms with E-state index in [2.05, 4.69) is 21.3 Å². The summed E-state index contributed by atoms with van der Waals surface area (Å²) in [6, 6.07) is 12.4. The number of aromatic nitrogens is 1. The maximum atomic E-state index is 14.0. The van der Waals surface area contributed by atoms with Gasteiger partial charge in [-0.25, -0.2) is 22.2 Å². The van der Waals surface area contributed by atoms with Gasteiger partial charge < -0.3 is 15.0 Å². The van der Waals surface area contributed by atoms with Gasteiger partial charge in [-0.15, -0.1) is 0 Å². The number of nitrogens with zero attached hydrogens (tertiary/aromatic N) is 2. The minimum atomic E-state index is -3.36. The van der Waals surface area contributed by atoms with Crippen LogP contribution in [0.3, 0.4) is 0 Å². The molecule has 1 saturated heterocycles. The highest BCUT2D eigenvalue weighted by Gasteiger charge is 2.39. The van der Waals surface area contributed by atoms with Crippen LogP contribution in [0.15, 0.2) is 47.4 Å². The van der Waals surface area contributed by atoms with Crippen LogP contribution in [0.4, 0.5) is 19.6 Å². The van der Waals surface area contributed by atoms with Crippen LogP contribution < -0.4 is 10.2 Å². The molecule has 1 aliphatic heterocycles. The highest BCUT2D eigenvalue weighted by atomic mass is 32.2. The first-order valence-electron chi connectivity index (χ1n) is 13.4.